The predicted molar refractivity (Wildman–Crippen MR) is 64.4 cm³/mol. The summed E-state index contributed by atoms with van der Waals surface area (Å²) in [6.45, 7) is 1.45. The van der Waals surface area contributed by atoms with E-state index in [1.165, 1.54) is 4.90 Å². The van der Waals surface area contributed by atoms with E-state index in [9.17, 15) is 4.79 Å². The van der Waals surface area contributed by atoms with E-state index in [4.69, 9.17) is 5.73 Å². The Morgan fingerprint density at radius 2 is 2.25 bits per heavy atom. The van der Waals surface area contributed by atoms with Crippen LogP contribution in [0, 0.1) is 0 Å². The second kappa shape index (κ2) is 6.07. The van der Waals surface area contributed by atoms with Crippen LogP contribution in [0.5, 0.6) is 0 Å². The Morgan fingerprint density at radius 1 is 1.50 bits per heavy atom. The van der Waals surface area contributed by atoms with Gasteiger partial charge in [-0.3, -0.25) is 4.79 Å². The molecule has 5 nitrogen and oxygen atoms in total. The summed E-state index contributed by atoms with van der Waals surface area (Å²) >= 11 is 0. The summed E-state index contributed by atoms with van der Waals surface area (Å²) in [7, 11) is 3.44. The molecule has 88 valence electrons. The van der Waals surface area contributed by atoms with Gasteiger partial charge in [0.2, 0.25) is 0 Å². The van der Waals surface area contributed by atoms with Crippen molar-refractivity contribution in [2.24, 2.45) is 5.73 Å². The van der Waals surface area contributed by atoms with Crippen molar-refractivity contribution in [1.82, 2.24) is 9.88 Å². The van der Waals surface area contributed by atoms with Crippen LogP contribution < -0.4 is 11.1 Å². The molecule has 5 heteroatoms. The van der Waals surface area contributed by atoms with E-state index < -0.39 is 0 Å². The molecule has 0 atom stereocenters. The van der Waals surface area contributed by atoms with Gasteiger partial charge in [-0.05, 0) is 25.1 Å². The van der Waals surface area contributed by atoms with Gasteiger partial charge in [-0.15, -0.1) is 0 Å². The minimum absolute atomic E-state index is 0.0407. The van der Waals surface area contributed by atoms with Crippen LogP contribution in [0.15, 0.2) is 18.3 Å². The first kappa shape index (κ1) is 12.4. The zero-order valence-electron chi connectivity index (χ0n) is 9.73. The number of hydrogen-bond donors (Lipinski definition) is 2. The lowest BCUT2D eigenvalue weighted by atomic mass is 10.2. The van der Waals surface area contributed by atoms with Gasteiger partial charge in [0, 0.05) is 26.8 Å². The van der Waals surface area contributed by atoms with E-state index in [1.807, 2.05) is 0 Å². The normalized spacial score (nSPS) is 9.94. The number of anilines is 1. The SMILES string of the molecule is CN(C)C(=O)c1ccc(NCCCN)nc1. The van der Waals surface area contributed by atoms with Crippen LogP contribution >= 0.6 is 0 Å². The van der Waals surface area contributed by atoms with Crippen LogP contribution in [0.3, 0.4) is 0 Å². The molecule has 0 aliphatic rings. The third-order valence-electron chi connectivity index (χ3n) is 2.10. The summed E-state index contributed by atoms with van der Waals surface area (Å²) in [6, 6.07) is 3.56. The highest BCUT2D eigenvalue weighted by Crippen LogP contribution is 2.06. The predicted octanol–water partition coefficient (Wildman–Crippen LogP) is 0.544. The average molecular weight is 222 g/mol. The summed E-state index contributed by atoms with van der Waals surface area (Å²) < 4.78 is 0. The van der Waals surface area contributed by atoms with E-state index in [0.29, 0.717) is 12.1 Å². The van der Waals surface area contributed by atoms with E-state index in [1.54, 1.807) is 32.4 Å². The molecule has 1 aromatic rings. The smallest absolute Gasteiger partial charge is 0.254 e. The zero-order chi connectivity index (χ0) is 12.0. The molecule has 0 spiro atoms. The molecular weight excluding hydrogens is 204 g/mol. The summed E-state index contributed by atoms with van der Waals surface area (Å²) in [5, 5.41) is 3.12. The molecule has 0 fully saturated rings. The molecule has 0 aliphatic carbocycles. The number of carbonyl (C=O) groups is 1. The third-order valence-corrected chi connectivity index (χ3v) is 2.10. The summed E-state index contributed by atoms with van der Waals surface area (Å²) in [6.07, 6.45) is 2.48. The number of nitrogens with two attached hydrogens (primary N) is 1. The quantitative estimate of drug-likeness (QED) is 0.713. The Kier molecular flexibility index (Phi) is 4.72. The highest BCUT2D eigenvalue weighted by Gasteiger charge is 2.07. The zero-order valence-corrected chi connectivity index (χ0v) is 9.73. The maximum atomic E-state index is 11.6. The molecule has 0 saturated carbocycles. The minimum atomic E-state index is -0.0407. The molecule has 0 aromatic carbocycles. The Hall–Kier alpha value is -1.62. The number of pyridine rings is 1. The van der Waals surface area contributed by atoms with Crippen molar-refractivity contribution < 1.29 is 4.79 Å². The summed E-state index contributed by atoms with van der Waals surface area (Å²) in [5.74, 6) is 0.727. The number of amides is 1. The van der Waals surface area contributed by atoms with Crippen molar-refractivity contribution in [1.29, 1.82) is 0 Å². The molecule has 0 bridgehead atoms. The van der Waals surface area contributed by atoms with Crippen LogP contribution in [-0.2, 0) is 0 Å². The number of hydrogen-bond acceptors (Lipinski definition) is 4. The fourth-order valence-corrected chi connectivity index (χ4v) is 1.20. The fraction of sp³-hybridized carbons (Fsp3) is 0.455. The van der Waals surface area contributed by atoms with E-state index in [0.717, 1.165) is 18.8 Å². The highest BCUT2D eigenvalue weighted by atomic mass is 16.2. The molecule has 16 heavy (non-hydrogen) atoms. The molecule has 0 saturated heterocycles. The van der Waals surface area contributed by atoms with E-state index in [2.05, 4.69) is 10.3 Å². The molecular formula is C11H18N4O. The highest BCUT2D eigenvalue weighted by molar-refractivity contribution is 5.93. The molecule has 1 amide bonds. The largest absolute Gasteiger partial charge is 0.370 e. The maximum Gasteiger partial charge on any atom is 0.254 e. The van der Waals surface area contributed by atoms with Crippen LogP contribution in [0.25, 0.3) is 0 Å². The fourth-order valence-electron chi connectivity index (χ4n) is 1.20. The minimum Gasteiger partial charge on any atom is -0.370 e. The topological polar surface area (TPSA) is 71.2 Å². The molecule has 1 aromatic heterocycles. The average Bonchev–Trinajstić information content (AvgIpc) is 2.29. The van der Waals surface area contributed by atoms with Crippen molar-refractivity contribution in [2.75, 3.05) is 32.5 Å². The van der Waals surface area contributed by atoms with Gasteiger partial charge < -0.3 is 16.0 Å². The Bertz CT molecular complexity index is 334. The Morgan fingerprint density at radius 3 is 2.75 bits per heavy atom. The second-order valence-corrected chi connectivity index (χ2v) is 3.70. The molecule has 3 N–H and O–H groups in total. The molecule has 0 aliphatic heterocycles. The van der Waals surface area contributed by atoms with Crippen LogP contribution in [0.2, 0.25) is 0 Å². The molecule has 0 unspecified atom stereocenters. The number of carbonyl (C=O) groups excluding carboxylic acids is 1. The maximum absolute atomic E-state index is 11.6. The number of rotatable bonds is 5. The number of nitrogens with zero attached hydrogens (tertiary/aromatic N) is 2. The lowest BCUT2D eigenvalue weighted by molar-refractivity contribution is 0.0827. The van der Waals surface area contributed by atoms with Gasteiger partial charge >= 0.3 is 0 Å². The van der Waals surface area contributed by atoms with Crippen molar-refractivity contribution in [3.8, 4) is 0 Å². The third kappa shape index (κ3) is 3.51. The molecule has 0 radical (unpaired) electrons. The molecule has 1 heterocycles. The Balaban J connectivity index is 2.57. The van der Waals surface area contributed by atoms with E-state index in [-0.39, 0.29) is 5.91 Å². The van der Waals surface area contributed by atoms with Gasteiger partial charge in [0.05, 0.1) is 5.56 Å². The Labute approximate surface area is 95.7 Å². The van der Waals surface area contributed by atoms with Crippen LogP contribution in [-0.4, -0.2) is 43.0 Å². The second-order valence-electron chi connectivity index (χ2n) is 3.70. The van der Waals surface area contributed by atoms with Gasteiger partial charge in [-0.25, -0.2) is 4.98 Å². The van der Waals surface area contributed by atoms with Gasteiger partial charge in [0.1, 0.15) is 5.82 Å². The molecule has 1 rings (SSSR count). The first-order valence-corrected chi connectivity index (χ1v) is 5.27. The lowest BCUT2D eigenvalue weighted by Gasteiger charge is -2.10. The van der Waals surface area contributed by atoms with Gasteiger partial charge in [0.25, 0.3) is 5.91 Å². The van der Waals surface area contributed by atoms with Crippen molar-refractivity contribution in [2.45, 2.75) is 6.42 Å². The number of nitrogens with one attached hydrogen (secondary N) is 1. The lowest BCUT2D eigenvalue weighted by Crippen LogP contribution is -2.21. The van der Waals surface area contributed by atoms with E-state index >= 15 is 0 Å². The van der Waals surface area contributed by atoms with Crippen LogP contribution in [0.1, 0.15) is 16.8 Å². The van der Waals surface area contributed by atoms with Gasteiger partial charge in [0.15, 0.2) is 0 Å². The van der Waals surface area contributed by atoms with Crippen molar-refractivity contribution in [3.63, 3.8) is 0 Å². The first-order chi connectivity index (χ1) is 7.65. The summed E-state index contributed by atoms with van der Waals surface area (Å²) in [5.41, 5.74) is 5.97. The summed E-state index contributed by atoms with van der Waals surface area (Å²) in [4.78, 5) is 17.2. The van der Waals surface area contributed by atoms with Crippen LogP contribution in [0.4, 0.5) is 5.82 Å². The number of aromatic nitrogens is 1. The van der Waals surface area contributed by atoms with Crippen molar-refractivity contribution >= 4 is 11.7 Å². The van der Waals surface area contributed by atoms with Gasteiger partial charge in [-0.1, -0.05) is 0 Å². The first-order valence-electron chi connectivity index (χ1n) is 5.27. The monoisotopic (exact) mass is 222 g/mol. The standard InChI is InChI=1S/C11H18N4O/c1-15(2)11(16)9-4-5-10(14-8-9)13-7-3-6-12/h4-5,8H,3,6-7,12H2,1-2H3,(H,13,14). The van der Waals surface area contributed by atoms with Gasteiger partial charge in [-0.2, -0.15) is 0 Å². The van der Waals surface area contributed by atoms with Crippen molar-refractivity contribution in [3.05, 3.63) is 23.9 Å².